The summed E-state index contributed by atoms with van der Waals surface area (Å²) < 4.78 is 27.6. The van der Waals surface area contributed by atoms with Crippen LogP contribution in [0.4, 0.5) is 5.82 Å². The molecule has 1 aliphatic rings. The number of piperazine rings is 1. The summed E-state index contributed by atoms with van der Waals surface area (Å²) >= 11 is 6.10. The van der Waals surface area contributed by atoms with E-state index in [2.05, 4.69) is 17.0 Å². The van der Waals surface area contributed by atoms with Crippen LogP contribution in [0.1, 0.15) is 22.4 Å². The van der Waals surface area contributed by atoms with Gasteiger partial charge in [-0.1, -0.05) is 72.3 Å². The number of halogens is 1. The molecule has 0 N–H and O–H groups in total. The molecule has 1 saturated heterocycles. The van der Waals surface area contributed by atoms with Crippen LogP contribution in [0.25, 0.3) is 17.5 Å². The number of hydrogen-bond donors (Lipinski definition) is 0. The Labute approximate surface area is 229 Å². The molecule has 0 radical (unpaired) electrons. The van der Waals surface area contributed by atoms with Crippen molar-refractivity contribution in [2.75, 3.05) is 31.1 Å². The van der Waals surface area contributed by atoms with E-state index in [0.29, 0.717) is 43.4 Å². The molecule has 1 aromatic heterocycles. The second-order valence-corrected chi connectivity index (χ2v) is 11.5. The van der Waals surface area contributed by atoms with Crippen molar-refractivity contribution >= 4 is 33.5 Å². The minimum Gasteiger partial charge on any atom is -0.354 e. The van der Waals surface area contributed by atoms with Gasteiger partial charge in [-0.15, -0.1) is 0 Å². The Bertz CT molecular complexity index is 1520. The Hall–Kier alpha value is -3.52. The van der Waals surface area contributed by atoms with Gasteiger partial charge in [0, 0.05) is 59.9 Å². The van der Waals surface area contributed by atoms with Gasteiger partial charge < -0.3 is 4.90 Å². The molecule has 8 heteroatoms. The smallest absolute Gasteiger partial charge is 0.236 e. The van der Waals surface area contributed by atoms with Crippen molar-refractivity contribution in [1.29, 1.82) is 0 Å². The predicted molar refractivity (Wildman–Crippen MR) is 155 cm³/mol. The maximum atomic E-state index is 13.0. The fourth-order valence-corrected chi connectivity index (χ4v) is 5.85. The van der Waals surface area contributed by atoms with Gasteiger partial charge in [-0.3, -0.25) is 0 Å². The van der Waals surface area contributed by atoms with Crippen LogP contribution >= 0.6 is 11.6 Å². The van der Waals surface area contributed by atoms with Crippen molar-refractivity contribution in [3.63, 3.8) is 0 Å². The van der Waals surface area contributed by atoms with Gasteiger partial charge in [-0.2, -0.15) is 4.31 Å². The van der Waals surface area contributed by atoms with Gasteiger partial charge in [-0.05, 0) is 48.4 Å². The largest absolute Gasteiger partial charge is 0.354 e. The quantitative estimate of drug-likeness (QED) is 0.293. The highest BCUT2D eigenvalue weighted by Crippen LogP contribution is 2.29. The number of aromatic nitrogens is 2. The van der Waals surface area contributed by atoms with Crippen LogP contribution in [-0.4, -0.2) is 48.9 Å². The highest BCUT2D eigenvalue weighted by molar-refractivity contribution is 7.92. The van der Waals surface area contributed by atoms with E-state index in [0.717, 1.165) is 28.2 Å². The number of hydrogen-bond acceptors (Lipinski definition) is 5. The zero-order chi connectivity index (χ0) is 26.5. The van der Waals surface area contributed by atoms with E-state index < -0.39 is 10.0 Å². The first-order valence-corrected chi connectivity index (χ1v) is 14.4. The lowest BCUT2D eigenvalue weighted by Crippen LogP contribution is -2.48. The molecular formula is C30H29ClN4O2S. The summed E-state index contributed by atoms with van der Waals surface area (Å²) in [6, 6.07) is 27.2. The molecule has 0 spiro atoms. The molecule has 4 aromatic rings. The van der Waals surface area contributed by atoms with Crippen LogP contribution in [0.2, 0.25) is 5.02 Å². The summed E-state index contributed by atoms with van der Waals surface area (Å²) in [5.41, 5.74) is 4.87. The maximum Gasteiger partial charge on any atom is 0.236 e. The molecule has 0 saturated carbocycles. The zero-order valence-electron chi connectivity index (χ0n) is 21.2. The standard InChI is InChI=1S/C30H29ClN4O2S/c1-23-28(22-25-10-6-3-7-11-25)30(33-29(32-23)26-12-14-27(31)15-13-26)34-17-19-35(20-18-34)38(36,37)21-16-24-8-4-2-5-9-24/h2-16,21H,17-20,22H2,1H3/b21-16+. The lowest BCUT2D eigenvalue weighted by Gasteiger charge is -2.35. The fourth-order valence-electron chi connectivity index (χ4n) is 4.55. The molecule has 3 aromatic carbocycles. The SMILES string of the molecule is Cc1nc(-c2ccc(Cl)cc2)nc(N2CCN(S(=O)(=O)/C=C/c3ccccc3)CC2)c1Cc1ccccc1. The van der Waals surface area contributed by atoms with Crippen molar-refractivity contribution in [1.82, 2.24) is 14.3 Å². The van der Waals surface area contributed by atoms with E-state index in [9.17, 15) is 8.42 Å². The number of benzene rings is 3. The van der Waals surface area contributed by atoms with Gasteiger partial charge in [0.15, 0.2) is 5.82 Å². The molecule has 2 heterocycles. The van der Waals surface area contributed by atoms with Crippen LogP contribution in [0.15, 0.2) is 90.3 Å². The molecule has 0 atom stereocenters. The average Bonchev–Trinajstić information content (AvgIpc) is 2.94. The zero-order valence-corrected chi connectivity index (χ0v) is 22.7. The van der Waals surface area contributed by atoms with Crippen LogP contribution in [0.5, 0.6) is 0 Å². The van der Waals surface area contributed by atoms with Gasteiger partial charge in [-0.25, -0.2) is 18.4 Å². The highest BCUT2D eigenvalue weighted by Gasteiger charge is 2.28. The Balaban J connectivity index is 1.41. The van der Waals surface area contributed by atoms with Crippen LogP contribution in [0, 0.1) is 6.92 Å². The Morgan fingerprint density at radius 2 is 1.47 bits per heavy atom. The first-order chi connectivity index (χ1) is 18.4. The van der Waals surface area contributed by atoms with E-state index in [4.69, 9.17) is 21.6 Å². The lowest BCUT2D eigenvalue weighted by atomic mass is 10.0. The fraction of sp³-hybridized carbons (Fsp3) is 0.200. The van der Waals surface area contributed by atoms with E-state index in [1.165, 1.54) is 15.3 Å². The number of rotatable bonds is 7. The van der Waals surface area contributed by atoms with Crippen molar-refractivity contribution in [3.8, 4) is 11.4 Å². The molecule has 194 valence electrons. The summed E-state index contributed by atoms with van der Waals surface area (Å²) in [5.74, 6) is 1.48. The third-order valence-electron chi connectivity index (χ3n) is 6.65. The summed E-state index contributed by atoms with van der Waals surface area (Å²) in [6.07, 6.45) is 2.34. The molecule has 0 unspecified atom stereocenters. The second kappa shape index (κ2) is 11.5. The highest BCUT2D eigenvalue weighted by atomic mass is 35.5. The van der Waals surface area contributed by atoms with Gasteiger partial charge in [0.2, 0.25) is 10.0 Å². The molecule has 0 aliphatic carbocycles. The van der Waals surface area contributed by atoms with Gasteiger partial charge >= 0.3 is 0 Å². The molecule has 5 rings (SSSR count). The summed E-state index contributed by atoms with van der Waals surface area (Å²) in [5, 5.41) is 1.96. The van der Waals surface area contributed by atoms with E-state index >= 15 is 0 Å². The minimum atomic E-state index is -3.53. The summed E-state index contributed by atoms with van der Waals surface area (Å²) in [4.78, 5) is 12.0. The average molecular weight is 545 g/mol. The topological polar surface area (TPSA) is 66.4 Å². The molecule has 38 heavy (non-hydrogen) atoms. The summed E-state index contributed by atoms with van der Waals surface area (Å²) in [7, 11) is -3.53. The van der Waals surface area contributed by atoms with Gasteiger partial charge in [0.1, 0.15) is 5.82 Å². The van der Waals surface area contributed by atoms with Crippen LogP contribution in [-0.2, 0) is 16.4 Å². The van der Waals surface area contributed by atoms with Crippen molar-refractivity contribution < 1.29 is 8.42 Å². The third-order valence-corrected chi connectivity index (χ3v) is 8.47. The van der Waals surface area contributed by atoms with Crippen LogP contribution in [0.3, 0.4) is 0 Å². The second-order valence-electron chi connectivity index (χ2n) is 9.25. The van der Waals surface area contributed by atoms with Crippen molar-refractivity contribution in [3.05, 3.63) is 118 Å². The summed E-state index contributed by atoms with van der Waals surface area (Å²) in [6.45, 7) is 3.85. The number of anilines is 1. The van der Waals surface area contributed by atoms with Crippen molar-refractivity contribution in [2.24, 2.45) is 0 Å². The number of nitrogens with zero attached hydrogens (tertiary/aromatic N) is 4. The molecule has 1 aliphatic heterocycles. The van der Waals surface area contributed by atoms with Crippen molar-refractivity contribution in [2.45, 2.75) is 13.3 Å². The molecule has 0 amide bonds. The van der Waals surface area contributed by atoms with Gasteiger partial charge in [0.25, 0.3) is 0 Å². The van der Waals surface area contributed by atoms with E-state index in [-0.39, 0.29) is 0 Å². The Morgan fingerprint density at radius 3 is 2.13 bits per heavy atom. The first kappa shape index (κ1) is 26.1. The first-order valence-electron chi connectivity index (χ1n) is 12.5. The van der Waals surface area contributed by atoms with Crippen LogP contribution < -0.4 is 4.90 Å². The maximum absolute atomic E-state index is 13.0. The Morgan fingerprint density at radius 1 is 0.842 bits per heavy atom. The third kappa shape index (κ3) is 6.13. The van der Waals surface area contributed by atoms with Gasteiger partial charge in [0.05, 0.1) is 0 Å². The normalized spacial score (nSPS) is 14.7. The monoisotopic (exact) mass is 544 g/mol. The molecular weight excluding hydrogens is 516 g/mol. The minimum absolute atomic E-state index is 0.381. The predicted octanol–water partition coefficient (Wildman–Crippen LogP) is 5.82. The lowest BCUT2D eigenvalue weighted by molar-refractivity contribution is 0.388. The van der Waals surface area contributed by atoms with E-state index in [1.807, 2.05) is 79.7 Å². The number of sulfonamides is 1. The Kier molecular flexibility index (Phi) is 7.88. The number of aryl methyl sites for hydroxylation is 1. The molecule has 0 bridgehead atoms. The molecule has 1 fully saturated rings. The molecule has 6 nitrogen and oxygen atoms in total. The van der Waals surface area contributed by atoms with E-state index in [1.54, 1.807) is 6.08 Å².